The Labute approximate surface area is 155 Å². The van der Waals surface area contributed by atoms with E-state index in [1.54, 1.807) is 28.4 Å². The zero-order valence-corrected chi connectivity index (χ0v) is 16.4. The molecule has 0 aliphatic rings. The van der Waals surface area contributed by atoms with Gasteiger partial charge < -0.3 is 34.3 Å². The minimum Gasteiger partial charge on any atom is -0.493 e. The Morgan fingerprint density at radius 1 is 0.923 bits per heavy atom. The Morgan fingerprint density at radius 3 is 2.15 bits per heavy atom. The van der Waals surface area contributed by atoms with Gasteiger partial charge in [-0.3, -0.25) is 0 Å². The number of benzene rings is 1. The summed E-state index contributed by atoms with van der Waals surface area (Å²) in [6, 6.07) is 3.78. The molecule has 0 aliphatic carbocycles. The summed E-state index contributed by atoms with van der Waals surface area (Å²) in [4.78, 5) is 4.59. The van der Waals surface area contributed by atoms with Crippen LogP contribution < -0.4 is 24.8 Å². The fraction of sp³-hybridized carbons (Fsp3) is 0.611. The average Bonchev–Trinajstić information content (AvgIpc) is 2.67. The zero-order valence-electron chi connectivity index (χ0n) is 16.4. The van der Waals surface area contributed by atoms with Crippen LogP contribution in [0.5, 0.6) is 17.2 Å². The highest BCUT2D eigenvalue weighted by Gasteiger charge is 2.13. The number of nitrogens with one attached hydrogen (secondary N) is 2. The van der Waals surface area contributed by atoms with Gasteiger partial charge in [0.1, 0.15) is 0 Å². The summed E-state index contributed by atoms with van der Waals surface area (Å²) in [7, 11) is 6.43. The first-order valence-electron chi connectivity index (χ1n) is 8.57. The molecule has 1 aromatic rings. The van der Waals surface area contributed by atoms with Gasteiger partial charge >= 0.3 is 0 Å². The van der Waals surface area contributed by atoms with Crippen molar-refractivity contribution in [2.45, 2.75) is 13.5 Å². The Kier molecular flexibility index (Phi) is 11.0. The molecule has 8 heteroatoms. The lowest BCUT2D eigenvalue weighted by molar-refractivity contribution is 0.0733. The van der Waals surface area contributed by atoms with Gasteiger partial charge in [-0.05, 0) is 24.6 Å². The van der Waals surface area contributed by atoms with Gasteiger partial charge in [0, 0.05) is 20.2 Å². The van der Waals surface area contributed by atoms with Crippen LogP contribution in [0.25, 0.3) is 0 Å². The van der Waals surface area contributed by atoms with E-state index in [2.05, 4.69) is 15.6 Å². The molecule has 0 fully saturated rings. The van der Waals surface area contributed by atoms with E-state index in [0.717, 1.165) is 18.1 Å². The van der Waals surface area contributed by atoms with E-state index in [9.17, 15) is 0 Å². The van der Waals surface area contributed by atoms with E-state index >= 15 is 0 Å². The second-order valence-electron chi connectivity index (χ2n) is 5.26. The minimum atomic E-state index is 0.469. The molecule has 0 spiro atoms. The Hall–Kier alpha value is -2.19. The molecular weight excluding hydrogens is 338 g/mol. The summed E-state index contributed by atoms with van der Waals surface area (Å²) < 4.78 is 26.5. The number of hydrogen-bond acceptors (Lipinski definition) is 6. The fourth-order valence-corrected chi connectivity index (χ4v) is 2.22. The number of guanidine groups is 1. The minimum absolute atomic E-state index is 0.469. The second kappa shape index (κ2) is 13.1. The molecule has 2 N–H and O–H groups in total. The molecule has 148 valence electrons. The number of nitrogens with zero attached hydrogens (tertiary/aromatic N) is 1. The molecule has 0 aromatic heterocycles. The van der Waals surface area contributed by atoms with Crippen LogP contribution >= 0.6 is 0 Å². The molecule has 26 heavy (non-hydrogen) atoms. The summed E-state index contributed by atoms with van der Waals surface area (Å²) in [5.74, 6) is 2.51. The van der Waals surface area contributed by atoms with Crippen LogP contribution in [0.1, 0.15) is 12.5 Å². The fourth-order valence-electron chi connectivity index (χ4n) is 2.22. The summed E-state index contributed by atoms with van der Waals surface area (Å²) in [5.41, 5.74) is 0.952. The molecule has 0 saturated carbocycles. The summed E-state index contributed by atoms with van der Waals surface area (Å²) >= 11 is 0. The van der Waals surface area contributed by atoms with E-state index in [0.29, 0.717) is 50.2 Å². The van der Waals surface area contributed by atoms with Crippen molar-refractivity contribution in [1.82, 2.24) is 10.6 Å². The molecule has 0 saturated heterocycles. The van der Waals surface area contributed by atoms with Crippen molar-refractivity contribution in [2.75, 3.05) is 61.3 Å². The number of aliphatic imine (C=N–C) groups is 1. The molecule has 0 atom stereocenters. The maximum Gasteiger partial charge on any atom is 0.203 e. The number of methoxy groups -OCH3 is 4. The van der Waals surface area contributed by atoms with Gasteiger partial charge in [0.15, 0.2) is 17.5 Å². The molecule has 8 nitrogen and oxygen atoms in total. The largest absolute Gasteiger partial charge is 0.493 e. The zero-order chi connectivity index (χ0) is 19.2. The molecular formula is C18H31N3O5. The Balaban J connectivity index is 2.70. The topological polar surface area (TPSA) is 82.6 Å². The third kappa shape index (κ3) is 7.37. The molecule has 0 radical (unpaired) electrons. The molecule has 0 unspecified atom stereocenters. The number of hydrogen-bond donors (Lipinski definition) is 2. The number of rotatable bonds is 12. The monoisotopic (exact) mass is 369 g/mol. The third-order valence-corrected chi connectivity index (χ3v) is 3.46. The first kappa shape index (κ1) is 21.9. The van der Waals surface area contributed by atoms with Gasteiger partial charge in [-0.25, -0.2) is 4.99 Å². The van der Waals surface area contributed by atoms with E-state index in [1.807, 2.05) is 19.1 Å². The molecule has 0 aliphatic heterocycles. The molecule has 1 rings (SSSR count). The average molecular weight is 369 g/mol. The van der Waals surface area contributed by atoms with E-state index in [4.69, 9.17) is 23.7 Å². The predicted octanol–water partition coefficient (Wildman–Crippen LogP) is 1.43. The van der Waals surface area contributed by atoms with Crippen molar-refractivity contribution in [3.8, 4) is 17.2 Å². The van der Waals surface area contributed by atoms with Gasteiger partial charge in [0.2, 0.25) is 5.75 Å². The van der Waals surface area contributed by atoms with Crippen molar-refractivity contribution in [3.63, 3.8) is 0 Å². The van der Waals surface area contributed by atoms with E-state index < -0.39 is 0 Å². The van der Waals surface area contributed by atoms with Gasteiger partial charge in [-0.2, -0.15) is 0 Å². The summed E-state index contributed by atoms with van der Waals surface area (Å²) in [5, 5.41) is 6.44. The predicted molar refractivity (Wildman–Crippen MR) is 102 cm³/mol. The quantitative estimate of drug-likeness (QED) is 0.328. The van der Waals surface area contributed by atoms with E-state index in [1.165, 1.54) is 0 Å². The second-order valence-corrected chi connectivity index (χ2v) is 5.26. The summed E-state index contributed by atoms with van der Waals surface area (Å²) in [6.45, 7) is 5.67. The standard InChI is InChI=1S/C18H31N3O5/c1-6-19-18(20-7-8-26-10-9-22-2)21-13-14-11-15(23-3)17(25-5)16(12-14)24-4/h11-12H,6-10,13H2,1-5H3,(H2,19,20,21). The van der Waals surface area contributed by atoms with Crippen LogP contribution in [-0.2, 0) is 16.0 Å². The van der Waals surface area contributed by atoms with Gasteiger partial charge in [0.25, 0.3) is 0 Å². The van der Waals surface area contributed by atoms with E-state index in [-0.39, 0.29) is 0 Å². The first-order valence-corrected chi connectivity index (χ1v) is 8.57. The van der Waals surface area contributed by atoms with Crippen molar-refractivity contribution < 1.29 is 23.7 Å². The Morgan fingerprint density at radius 2 is 1.62 bits per heavy atom. The maximum absolute atomic E-state index is 5.43. The van der Waals surface area contributed by atoms with Crippen LogP contribution in [0, 0.1) is 0 Å². The lowest BCUT2D eigenvalue weighted by Crippen LogP contribution is -2.39. The maximum atomic E-state index is 5.43. The van der Waals surface area contributed by atoms with Gasteiger partial charge in [0.05, 0.1) is 47.7 Å². The van der Waals surface area contributed by atoms with Crippen LogP contribution in [0.15, 0.2) is 17.1 Å². The van der Waals surface area contributed by atoms with Crippen LogP contribution in [-0.4, -0.2) is 67.3 Å². The van der Waals surface area contributed by atoms with Crippen LogP contribution in [0.3, 0.4) is 0 Å². The van der Waals surface area contributed by atoms with Crippen LogP contribution in [0.2, 0.25) is 0 Å². The molecule has 0 amide bonds. The van der Waals surface area contributed by atoms with Gasteiger partial charge in [-0.1, -0.05) is 0 Å². The van der Waals surface area contributed by atoms with Crippen molar-refractivity contribution in [1.29, 1.82) is 0 Å². The Bertz CT molecular complexity index is 527. The molecule has 0 bridgehead atoms. The lowest BCUT2D eigenvalue weighted by Gasteiger charge is -2.14. The SMILES string of the molecule is CCNC(=NCc1cc(OC)c(OC)c(OC)c1)NCCOCCOC. The highest BCUT2D eigenvalue weighted by molar-refractivity contribution is 5.79. The normalized spacial score (nSPS) is 11.2. The summed E-state index contributed by atoms with van der Waals surface area (Å²) in [6.07, 6.45) is 0. The number of ether oxygens (including phenoxy) is 5. The highest BCUT2D eigenvalue weighted by atomic mass is 16.5. The molecule has 1 aromatic carbocycles. The highest BCUT2D eigenvalue weighted by Crippen LogP contribution is 2.38. The van der Waals surface area contributed by atoms with Crippen molar-refractivity contribution >= 4 is 5.96 Å². The van der Waals surface area contributed by atoms with Gasteiger partial charge in [-0.15, -0.1) is 0 Å². The lowest BCUT2D eigenvalue weighted by atomic mass is 10.2. The van der Waals surface area contributed by atoms with Crippen molar-refractivity contribution in [3.05, 3.63) is 17.7 Å². The third-order valence-electron chi connectivity index (χ3n) is 3.46. The first-order chi connectivity index (χ1) is 12.7. The smallest absolute Gasteiger partial charge is 0.203 e. The molecule has 0 heterocycles. The van der Waals surface area contributed by atoms with Crippen molar-refractivity contribution in [2.24, 2.45) is 4.99 Å². The van der Waals surface area contributed by atoms with Crippen LogP contribution in [0.4, 0.5) is 0 Å².